The van der Waals surface area contributed by atoms with Crippen molar-refractivity contribution in [3.8, 4) is 11.8 Å². The van der Waals surface area contributed by atoms with Crippen LogP contribution in [0.5, 0.6) is 5.75 Å². The molecule has 0 unspecified atom stereocenters. The van der Waals surface area contributed by atoms with Crippen molar-refractivity contribution in [2.24, 2.45) is 0 Å². The zero-order valence-corrected chi connectivity index (χ0v) is 10.2. The van der Waals surface area contributed by atoms with E-state index in [-0.39, 0.29) is 23.5 Å². The Hall–Kier alpha value is -1.54. The van der Waals surface area contributed by atoms with Gasteiger partial charge in [0.2, 0.25) is 0 Å². The highest BCUT2D eigenvalue weighted by molar-refractivity contribution is 9.08. The van der Waals surface area contributed by atoms with Crippen LogP contribution in [-0.2, 0) is 10.1 Å². The van der Waals surface area contributed by atoms with E-state index in [1.807, 2.05) is 6.07 Å². The molecule has 5 heteroatoms. The van der Waals surface area contributed by atoms with E-state index in [4.69, 9.17) is 10.00 Å². The Morgan fingerprint density at radius 1 is 1.62 bits per heavy atom. The smallest absolute Gasteiger partial charge is 0.341 e. The second-order valence-corrected chi connectivity index (χ2v) is 3.52. The summed E-state index contributed by atoms with van der Waals surface area (Å²) in [5.41, 5.74) is 0.749. The second kappa shape index (κ2) is 5.52. The Morgan fingerprint density at radius 2 is 2.31 bits per heavy atom. The number of phenols is 1. The molecule has 0 aliphatic rings. The number of ether oxygens (including phenoxy) is 1. The van der Waals surface area contributed by atoms with E-state index in [2.05, 4.69) is 15.9 Å². The number of hydrogen-bond acceptors (Lipinski definition) is 4. The number of nitriles is 1. The molecule has 16 heavy (non-hydrogen) atoms. The molecule has 0 amide bonds. The molecule has 1 aromatic carbocycles. The van der Waals surface area contributed by atoms with Crippen molar-refractivity contribution in [3.05, 3.63) is 28.8 Å². The standard InChI is InChI=1S/C11H10BrNO3/c1-2-16-11(15)8-4-3-7(5-12)9(6-13)10(8)14/h3-4,14H,2,5H2,1H3. The van der Waals surface area contributed by atoms with Crippen LogP contribution in [0.1, 0.15) is 28.4 Å². The topological polar surface area (TPSA) is 70.3 Å². The summed E-state index contributed by atoms with van der Waals surface area (Å²) < 4.78 is 4.76. The maximum absolute atomic E-state index is 11.4. The van der Waals surface area contributed by atoms with Gasteiger partial charge in [0, 0.05) is 5.33 Å². The molecule has 0 radical (unpaired) electrons. The number of carbonyl (C=O) groups is 1. The number of halogens is 1. The monoisotopic (exact) mass is 283 g/mol. The summed E-state index contributed by atoms with van der Waals surface area (Å²) in [6, 6.07) is 4.92. The summed E-state index contributed by atoms with van der Waals surface area (Å²) in [6.07, 6.45) is 0. The molecule has 0 atom stereocenters. The molecule has 0 aromatic heterocycles. The highest BCUT2D eigenvalue weighted by Crippen LogP contribution is 2.27. The fraction of sp³-hybridized carbons (Fsp3) is 0.273. The second-order valence-electron chi connectivity index (χ2n) is 2.96. The van der Waals surface area contributed by atoms with Crippen LogP contribution in [0.3, 0.4) is 0 Å². The maximum atomic E-state index is 11.4. The first-order valence-corrected chi connectivity index (χ1v) is 5.75. The summed E-state index contributed by atoms with van der Waals surface area (Å²) in [6.45, 7) is 1.90. The predicted molar refractivity (Wildman–Crippen MR) is 61.4 cm³/mol. The van der Waals surface area contributed by atoms with Crippen molar-refractivity contribution < 1.29 is 14.6 Å². The van der Waals surface area contributed by atoms with Gasteiger partial charge in [-0.3, -0.25) is 0 Å². The Kier molecular flexibility index (Phi) is 4.32. The van der Waals surface area contributed by atoms with Crippen LogP contribution in [0.25, 0.3) is 0 Å². The van der Waals surface area contributed by atoms with E-state index in [9.17, 15) is 9.90 Å². The number of phenolic OH excluding ortho intramolecular Hbond substituents is 1. The summed E-state index contributed by atoms with van der Waals surface area (Å²) >= 11 is 3.20. The first kappa shape index (κ1) is 12.5. The molecular formula is C11H10BrNO3. The van der Waals surface area contributed by atoms with Gasteiger partial charge in [-0.25, -0.2) is 4.79 Å². The third-order valence-electron chi connectivity index (χ3n) is 2.02. The van der Waals surface area contributed by atoms with Gasteiger partial charge in [0.05, 0.1) is 12.2 Å². The first-order valence-electron chi connectivity index (χ1n) is 4.63. The minimum absolute atomic E-state index is 0.0168. The lowest BCUT2D eigenvalue weighted by molar-refractivity contribution is 0.0523. The molecule has 84 valence electrons. The predicted octanol–water partition coefficient (Wildman–Crippen LogP) is 2.34. The highest BCUT2D eigenvalue weighted by atomic mass is 79.9. The minimum atomic E-state index is -0.627. The third kappa shape index (κ3) is 2.34. The van der Waals surface area contributed by atoms with Crippen molar-refractivity contribution in [2.45, 2.75) is 12.3 Å². The van der Waals surface area contributed by atoms with Crippen LogP contribution < -0.4 is 0 Å². The van der Waals surface area contributed by atoms with Gasteiger partial charge in [-0.15, -0.1) is 0 Å². The number of esters is 1. The molecule has 0 spiro atoms. The molecule has 1 rings (SSSR count). The lowest BCUT2D eigenvalue weighted by Gasteiger charge is -2.07. The molecular weight excluding hydrogens is 274 g/mol. The molecule has 0 bridgehead atoms. The largest absolute Gasteiger partial charge is 0.506 e. The first-order chi connectivity index (χ1) is 7.65. The number of nitrogens with zero attached hydrogens (tertiary/aromatic N) is 1. The molecule has 0 saturated heterocycles. The molecule has 0 aliphatic carbocycles. The number of aromatic hydroxyl groups is 1. The molecule has 0 saturated carbocycles. The van der Waals surface area contributed by atoms with E-state index < -0.39 is 5.97 Å². The van der Waals surface area contributed by atoms with Gasteiger partial charge in [-0.05, 0) is 18.6 Å². The zero-order valence-electron chi connectivity index (χ0n) is 8.66. The van der Waals surface area contributed by atoms with Gasteiger partial charge in [0.1, 0.15) is 17.4 Å². The average Bonchev–Trinajstić information content (AvgIpc) is 2.28. The Bertz CT molecular complexity index is 451. The summed E-state index contributed by atoms with van der Waals surface area (Å²) in [4.78, 5) is 11.4. The van der Waals surface area contributed by atoms with Crippen molar-refractivity contribution in [2.75, 3.05) is 6.61 Å². The third-order valence-corrected chi connectivity index (χ3v) is 2.62. The number of hydrogen-bond donors (Lipinski definition) is 1. The summed E-state index contributed by atoms with van der Waals surface area (Å²) in [5, 5.41) is 19.1. The van der Waals surface area contributed by atoms with Gasteiger partial charge in [0.25, 0.3) is 0 Å². The molecule has 0 fully saturated rings. The van der Waals surface area contributed by atoms with Crippen LogP contribution in [0, 0.1) is 11.3 Å². The van der Waals surface area contributed by atoms with E-state index in [1.165, 1.54) is 6.07 Å². The number of benzene rings is 1. The van der Waals surface area contributed by atoms with Crippen LogP contribution >= 0.6 is 15.9 Å². The van der Waals surface area contributed by atoms with Crippen LogP contribution in [0.2, 0.25) is 0 Å². The number of rotatable bonds is 3. The average molecular weight is 284 g/mol. The lowest BCUT2D eigenvalue weighted by atomic mass is 10.0. The highest BCUT2D eigenvalue weighted by Gasteiger charge is 2.17. The molecule has 1 aromatic rings. The fourth-order valence-corrected chi connectivity index (χ4v) is 1.71. The summed E-state index contributed by atoms with van der Waals surface area (Å²) in [7, 11) is 0. The Morgan fingerprint density at radius 3 is 2.81 bits per heavy atom. The fourth-order valence-electron chi connectivity index (χ4n) is 1.24. The molecule has 4 nitrogen and oxygen atoms in total. The summed E-state index contributed by atoms with van der Waals surface area (Å²) in [5.74, 6) is -0.949. The maximum Gasteiger partial charge on any atom is 0.341 e. The number of carbonyl (C=O) groups excluding carboxylic acids is 1. The van der Waals surface area contributed by atoms with Gasteiger partial charge >= 0.3 is 5.97 Å². The molecule has 0 heterocycles. The van der Waals surface area contributed by atoms with Crippen LogP contribution in [0.4, 0.5) is 0 Å². The Balaban J connectivity index is 3.25. The van der Waals surface area contributed by atoms with Crippen molar-refractivity contribution >= 4 is 21.9 Å². The van der Waals surface area contributed by atoms with Gasteiger partial charge in [0.15, 0.2) is 0 Å². The lowest BCUT2D eigenvalue weighted by Crippen LogP contribution is -2.06. The van der Waals surface area contributed by atoms with E-state index in [0.717, 1.165) is 0 Å². The van der Waals surface area contributed by atoms with Gasteiger partial charge in [-0.1, -0.05) is 22.0 Å². The van der Waals surface area contributed by atoms with Crippen molar-refractivity contribution in [1.82, 2.24) is 0 Å². The van der Waals surface area contributed by atoms with E-state index >= 15 is 0 Å². The van der Waals surface area contributed by atoms with Crippen molar-refractivity contribution in [3.63, 3.8) is 0 Å². The quantitative estimate of drug-likeness (QED) is 0.683. The zero-order chi connectivity index (χ0) is 12.1. The van der Waals surface area contributed by atoms with E-state index in [1.54, 1.807) is 13.0 Å². The number of alkyl halides is 1. The molecule has 0 aliphatic heterocycles. The van der Waals surface area contributed by atoms with Gasteiger partial charge in [-0.2, -0.15) is 5.26 Å². The van der Waals surface area contributed by atoms with Crippen molar-refractivity contribution in [1.29, 1.82) is 5.26 Å². The molecule has 1 N–H and O–H groups in total. The SMILES string of the molecule is CCOC(=O)c1ccc(CBr)c(C#N)c1O. The van der Waals surface area contributed by atoms with E-state index in [0.29, 0.717) is 10.9 Å². The van der Waals surface area contributed by atoms with Crippen LogP contribution in [-0.4, -0.2) is 17.7 Å². The minimum Gasteiger partial charge on any atom is -0.506 e. The van der Waals surface area contributed by atoms with Gasteiger partial charge < -0.3 is 9.84 Å². The van der Waals surface area contributed by atoms with Crippen LogP contribution in [0.15, 0.2) is 12.1 Å². The normalized spacial score (nSPS) is 9.56. The Labute approximate surface area is 102 Å².